The molecule has 0 aliphatic carbocycles. The van der Waals surface area contributed by atoms with Crippen molar-refractivity contribution in [3.63, 3.8) is 0 Å². The number of hydrogen-bond donors (Lipinski definition) is 2. The minimum absolute atomic E-state index is 0.131. The summed E-state index contributed by atoms with van der Waals surface area (Å²) in [5.74, 6) is 0.672. The molecule has 1 atom stereocenters. The lowest BCUT2D eigenvalue weighted by Crippen LogP contribution is -2.18. The molecule has 0 radical (unpaired) electrons. The maximum absolute atomic E-state index is 11.1. The van der Waals surface area contributed by atoms with Crippen LogP contribution in [0.4, 0.5) is 17.3 Å². The normalized spacial score (nSPS) is 11.9. The molecule has 0 saturated heterocycles. The van der Waals surface area contributed by atoms with Crippen LogP contribution in [0.15, 0.2) is 6.33 Å². The van der Waals surface area contributed by atoms with E-state index in [0.717, 1.165) is 0 Å². The number of hydrogen-bond acceptors (Lipinski definition) is 7. The average molecular weight is 269 g/mol. The van der Waals surface area contributed by atoms with E-state index in [1.54, 1.807) is 7.11 Å². The predicted molar refractivity (Wildman–Crippen MR) is 72.4 cm³/mol. The molecule has 2 N–H and O–H groups in total. The molecule has 106 valence electrons. The Kier molecular flexibility index (Phi) is 5.94. The largest absolute Gasteiger partial charge is 0.384 e. The highest BCUT2D eigenvalue weighted by Crippen LogP contribution is 2.28. The highest BCUT2D eigenvalue weighted by molar-refractivity contribution is 5.69. The van der Waals surface area contributed by atoms with Crippen molar-refractivity contribution >= 4 is 17.3 Å². The molecule has 1 heterocycles. The Morgan fingerprint density at radius 1 is 1.42 bits per heavy atom. The van der Waals surface area contributed by atoms with Gasteiger partial charge in [0.2, 0.25) is 11.6 Å². The van der Waals surface area contributed by atoms with Crippen molar-refractivity contribution < 1.29 is 9.66 Å². The van der Waals surface area contributed by atoms with Crippen molar-refractivity contribution in [2.45, 2.75) is 13.8 Å². The third kappa shape index (κ3) is 4.32. The summed E-state index contributed by atoms with van der Waals surface area (Å²) < 4.78 is 5.01. The predicted octanol–water partition coefficient (Wildman–Crippen LogP) is 1.51. The van der Waals surface area contributed by atoms with Gasteiger partial charge in [-0.15, -0.1) is 0 Å². The van der Waals surface area contributed by atoms with Crippen molar-refractivity contribution in [1.29, 1.82) is 0 Å². The monoisotopic (exact) mass is 269 g/mol. The smallest absolute Gasteiger partial charge is 0.353 e. The Hall–Kier alpha value is -1.96. The van der Waals surface area contributed by atoms with Crippen molar-refractivity contribution in [2.24, 2.45) is 5.92 Å². The lowest BCUT2D eigenvalue weighted by molar-refractivity contribution is -0.383. The quantitative estimate of drug-likeness (QED) is 0.544. The Morgan fingerprint density at radius 2 is 2.05 bits per heavy atom. The number of nitrogens with zero attached hydrogens (tertiary/aromatic N) is 3. The third-order valence-electron chi connectivity index (χ3n) is 2.42. The fraction of sp³-hybridized carbons (Fsp3) is 0.636. The highest BCUT2D eigenvalue weighted by atomic mass is 16.6. The first-order valence-corrected chi connectivity index (χ1v) is 6.06. The van der Waals surface area contributed by atoms with Gasteiger partial charge in [0.25, 0.3) is 0 Å². The number of anilines is 2. The minimum atomic E-state index is -0.485. The summed E-state index contributed by atoms with van der Waals surface area (Å²) in [6, 6.07) is 0. The van der Waals surface area contributed by atoms with Gasteiger partial charge in [-0.1, -0.05) is 6.92 Å². The van der Waals surface area contributed by atoms with Crippen LogP contribution >= 0.6 is 0 Å². The molecule has 19 heavy (non-hydrogen) atoms. The van der Waals surface area contributed by atoms with Gasteiger partial charge in [0.15, 0.2) is 0 Å². The zero-order chi connectivity index (χ0) is 14.3. The lowest BCUT2D eigenvalue weighted by atomic mass is 10.2. The first-order valence-electron chi connectivity index (χ1n) is 6.06. The SMILES string of the molecule is CCNc1ncnc(NCC(C)COC)c1[N+](=O)[O-]. The van der Waals surface area contributed by atoms with Gasteiger partial charge in [-0.05, 0) is 12.8 Å². The van der Waals surface area contributed by atoms with E-state index in [0.29, 0.717) is 19.7 Å². The van der Waals surface area contributed by atoms with Crippen LogP contribution < -0.4 is 10.6 Å². The van der Waals surface area contributed by atoms with Crippen LogP contribution in [-0.4, -0.2) is 41.7 Å². The average Bonchev–Trinajstić information content (AvgIpc) is 2.37. The number of methoxy groups -OCH3 is 1. The number of nitro groups is 1. The Balaban J connectivity index is 2.87. The van der Waals surface area contributed by atoms with Gasteiger partial charge in [-0.25, -0.2) is 9.97 Å². The Bertz CT molecular complexity index is 427. The summed E-state index contributed by atoms with van der Waals surface area (Å²) in [5.41, 5.74) is -0.131. The van der Waals surface area contributed by atoms with E-state index in [9.17, 15) is 10.1 Å². The van der Waals surface area contributed by atoms with Crippen molar-refractivity contribution in [3.05, 3.63) is 16.4 Å². The van der Waals surface area contributed by atoms with Gasteiger partial charge < -0.3 is 15.4 Å². The molecule has 1 aromatic rings. The molecule has 0 fully saturated rings. The van der Waals surface area contributed by atoms with Gasteiger partial charge in [-0.3, -0.25) is 10.1 Å². The minimum Gasteiger partial charge on any atom is -0.384 e. The zero-order valence-corrected chi connectivity index (χ0v) is 11.3. The van der Waals surface area contributed by atoms with Gasteiger partial charge in [0.1, 0.15) is 6.33 Å². The van der Waals surface area contributed by atoms with E-state index in [1.165, 1.54) is 6.33 Å². The summed E-state index contributed by atoms with van der Waals surface area (Å²) >= 11 is 0. The summed E-state index contributed by atoms with van der Waals surface area (Å²) in [4.78, 5) is 18.4. The molecule has 8 nitrogen and oxygen atoms in total. The summed E-state index contributed by atoms with van der Waals surface area (Å²) in [7, 11) is 1.62. The summed E-state index contributed by atoms with van der Waals surface area (Å²) in [5, 5.41) is 16.9. The topological polar surface area (TPSA) is 102 Å². The summed E-state index contributed by atoms with van der Waals surface area (Å²) in [6.07, 6.45) is 1.30. The van der Waals surface area contributed by atoms with E-state index in [1.807, 2.05) is 13.8 Å². The molecule has 1 aromatic heterocycles. The number of rotatable bonds is 8. The van der Waals surface area contributed by atoms with Gasteiger partial charge in [-0.2, -0.15) is 0 Å². The molecular formula is C11H19N5O3. The second-order valence-corrected chi connectivity index (χ2v) is 4.15. The Labute approximate surface area is 111 Å². The van der Waals surface area contributed by atoms with Crippen molar-refractivity contribution in [3.8, 4) is 0 Å². The van der Waals surface area contributed by atoms with E-state index >= 15 is 0 Å². The van der Waals surface area contributed by atoms with E-state index in [4.69, 9.17) is 4.74 Å². The summed E-state index contributed by atoms with van der Waals surface area (Å²) in [6.45, 7) is 5.49. The van der Waals surface area contributed by atoms with E-state index in [2.05, 4.69) is 20.6 Å². The molecule has 8 heteroatoms. The maximum Gasteiger partial charge on any atom is 0.353 e. The molecule has 0 spiro atoms. The van der Waals surface area contributed by atoms with E-state index < -0.39 is 4.92 Å². The molecule has 0 aromatic carbocycles. The second kappa shape index (κ2) is 7.47. The molecule has 0 aliphatic heterocycles. The molecule has 1 unspecified atom stereocenters. The van der Waals surface area contributed by atoms with Crippen LogP contribution in [0.25, 0.3) is 0 Å². The fourth-order valence-electron chi connectivity index (χ4n) is 1.59. The highest BCUT2D eigenvalue weighted by Gasteiger charge is 2.22. The molecular weight excluding hydrogens is 250 g/mol. The molecule has 0 saturated carbocycles. The Morgan fingerprint density at radius 3 is 2.58 bits per heavy atom. The first kappa shape index (κ1) is 15.1. The lowest BCUT2D eigenvalue weighted by Gasteiger charge is -2.12. The molecule has 0 bridgehead atoms. The maximum atomic E-state index is 11.1. The number of aromatic nitrogens is 2. The molecule has 0 amide bonds. The van der Waals surface area contributed by atoms with Crippen LogP contribution in [0.1, 0.15) is 13.8 Å². The number of nitrogens with one attached hydrogen (secondary N) is 2. The van der Waals surface area contributed by atoms with Crippen LogP contribution in [0, 0.1) is 16.0 Å². The fourth-order valence-corrected chi connectivity index (χ4v) is 1.59. The van der Waals surface area contributed by atoms with E-state index in [-0.39, 0.29) is 23.2 Å². The van der Waals surface area contributed by atoms with Gasteiger partial charge in [0.05, 0.1) is 11.5 Å². The second-order valence-electron chi connectivity index (χ2n) is 4.15. The van der Waals surface area contributed by atoms with Crippen LogP contribution in [0.3, 0.4) is 0 Å². The van der Waals surface area contributed by atoms with Crippen LogP contribution in [-0.2, 0) is 4.74 Å². The van der Waals surface area contributed by atoms with Gasteiger partial charge in [0, 0.05) is 20.2 Å². The number of ether oxygens (including phenoxy) is 1. The zero-order valence-electron chi connectivity index (χ0n) is 11.3. The molecule has 0 aliphatic rings. The third-order valence-corrected chi connectivity index (χ3v) is 2.42. The van der Waals surface area contributed by atoms with Gasteiger partial charge >= 0.3 is 5.69 Å². The van der Waals surface area contributed by atoms with Crippen LogP contribution in [0.2, 0.25) is 0 Å². The molecule has 1 rings (SSSR count). The first-order chi connectivity index (χ1) is 9.10. The van der Waals surface area contributed by atoms with Crippen molar-refractivity contribution in [1.82, 2.24) is 9.97 Å². The standard InChI is InChI=1S/C11H19N5O3/c1-4-12-10-9(16(17)18)11(15-7-14-10)13-5-8(2)6-19-3/h7-8H,4-6H2,1-3H3,(H2,12,13,14,15). The van der Waals surface area contributed by atoms with Crippen LogP contribution in [0.5, 0.6) is 0 Å². The van der Waals surface area contributed by atoms with Crippen molar-refractivity contribution in [2.75, 3.05) is 37.4 Å².